The van der Waals surface area contributed by atoms with Crippen LogP contribution in [0.2, 0.25) is 0 Å². The second-order valence-corrected chi connectivity index (χ2v) is 5.57. The van der Waals surface area contributed by atoms with Crippen molar-refractivity contribution in [1.82, 2.24) is 9.88 Å². The Balaban J connectivity index is 1.64. The molecule has 2 aromatic rings. The Morgan fingerprint density at radius 3 is 2.77 bits per heavy atom. The van der Waals surface area contributed by atoms with Crippen LogP contribution in [0.3, 0.4) is 0 Å². The van der Waals surface area contributed by atoms with Crippen LogP contribution >= 0.6 is 0 Å². The van der Waals surface area contributed by atoms with Crippen molar-refractivity contribution in [2.24, 2.45) is 0 Å². The summed E-state index contributed by atoms with van der Waals surface area (Å²) in [4.78, 5) is 17.9. The third kappa shape index (κ3) is 3.27. The molecule has 3 rings (SSSR count). The van der Waals surface area contributed by atoms with E-state index in [0.29, 0.717) is 12.5 Å². The molecule has 2 heterocycles. The molecule has 0 N–H and O–H groups in total. The highest BCUT2D eigenvalue weighted by Crippen LogP contribution is 2.31. The molecule has 0 unspecified atom stereocenters. The summed E-state index contributed by atoms with van der Waals surface area (Å²) in [7, 11) is 0. The van der Waals surface area contributed by atoms with Gasteiger partial charge in [-0.05, 0) is 24.0 Å². The van der Waals surface area contributed by atoms with Gasteiger partial charge in [-0.15, -0.1) is 0 Å². The van der Waals surface area contributed by atoms with Crippen LogP contribution in [-0.4, -0.2) is 22.3 Å². The molecule has 4 heteroatoms. The highest BCUT2D eigenvalue weighted by molar-refractivity contribution is 5.74. The van der Waals surface area contributed by atoms with Crippen LogP contribution in [0, 0.1) is 0 Å². The summed E-state index contributed by atoms with van der Waals surface area (Å²) < 4.78 is 5.69. The number of benzene rings is 1. The van der Waals surface area contributed by atoms with E-state index >= 15 is 0 Å². The SMILES string of the molecule is CC(=O)N1CCC[C@@H]1c1ccc(OCc2ccccc2)nc1. The van der Waals surface area contributed by atoms with Crippen LogP contribution in [0.25, 0.3) is 0 Å². The first-order valence-electron chi connectivity index (χ1n) is 7.64. The van der Waals surface area contributed by atoms with E-state index in [-0.39, 0.29) is 11.9 Å². The van der Waals surface area contributed by atoms with Gasteiger partial charge in [0.05, 0.1) is 6.04 Å². The molecule has 1 fully saturated rings. The van der Waals surface area contributed by atoms with Gasteiger partial charge in [-0.1, -0.05) is 36.4 Å². The average Bonchev–Trinajstić information content (AvgIpc) is 3.04. The zero-order valence-electron chi connectivity index (χ0n) is 12.7. The molecule has 1 atom stereocenters. The van der Waals surface area contributed by atoms with Gasteiger partial charge in [0.15, 0.2) is 0 Å². The molecule has 0 bridgehead atoms. The Hall–Kier alpha value is -2.36. The van der Waals surface area contributed by atoms with Crippen molar-refractivity contribution in [1.29, 1.82) is 0 Å². The second kappa shape index (κ2) is 6.60. The molecule has 4 nitrogen and oxygen atoms in total. The first kappa shape index (κ1) is 14.6. The lowest BCUT2D eigenvalue weighted by Gasteiger charge is -2.23. The summed E-state index contributed by atoms with van der Waals surface area (Å²) in [6.07, 6.45) is 3.88. The fourth-order valence-corrected chi connectivity index (χ4v) is 2.90. The maximum absolute atomic E-state index is 11.6. The summed E-state index contributed by atoms with van der Waals surface area (Å²) in [5.74, 6) is 0.742. The first-order chi connectivity index (χ1) is 10.7. The van der Waals surface area contributed by atoms with Crippen LogP contribution in [-0.2, 0) is 11.4 Å². The number of carbonyl (C=O) groups is 1. The zero-order chi connectivity index (χ0) is 15.4. The minimum Gasteiger partial charge on any atom is -0.473 e. The molecule has 0 aliphatic carbocycles. The van der Waals surface area contributed by atoms with Crippen molar-refractivity contribution in [2.45, 2.75) is 32.4 Å². The summed E-state index contributed by atoms with van der Waals surface area (Å²) in [5, 5.41) is 0. The quantitative estimate of drug-likeness (QED) is 0.869. The van der Waals surface area contributed by atoms with Crippen LogP contribution in [0.15, 0.2) is 48.7 Å². The highest BCUT2D eigenvalue weighted by atomic mass is 16.5. The van der Waals surface area contributed by atoms with Crippen LogP contribution < -0.4 is 4.74 Å². The molecular formula is C18H20N2O2. The molecule has 1 aromatic heterocycles. The van der Waals surface area contributed by atoms with E-state index in [1.807, 2.05) is 53.6 Å². The van der Waals surface area contributed by atoms with Crippen molar-refractivity contribution < 1.29 is 9.53 Å². The van der Waals surface area contributed by atoms with E-state index in [1.54, 1.807) is 6.92 Å². The van der Waals surface area contributed by atoms with Crippen LogP contribution in [0.4, 0.5) is 0 Å². The Bertz CT molecular complexity index is 625. The summed E-state index contributed by atoms with van der Waals surface area (Å²) in [5.41, 5.74) is 2.20. The van der Waals surface area contributed by atoms with Gasteiger partial charge in [0, 0.05) is 25.7 Å². The number of amides is 1. The van der Waals surface area contributed by atoms with Crippen molar-refractivity contribution >= 4 is 5.91 Å². The number of carbonyl (C=O) groups excluding carboxylic acids is 1. The van der Waals surface area contributed by atoms with Gasteiger partial charge < -0.3 is 9.64 Å². The van der Waals surface area contributed by atoms with Gasteiger partial charge in [-0.25, -0.2) is 4.98 Å². The van der Waals surface area contributed by atoms with Gasteiger partial charge in [0.2, 0.25) is 11.8 Å². The molecule has 1 aliphatic heterocycles. The molecule has 1 aromatic carbocycles. The largest absolute Gasteiger partial charge is 0.473 e. The Labute approximate surface area is 130 Å². The van der Waals surface area contributed by atoms with Gasteiger partial charge in [0.25, 0.3) is 0 Å². The van der Waals surface area contributed by atoms with Crippen molar-refractivity contribution in [2.75, 3.05) is 6.54 Å². The molecule has 1 aliphatic rings. The highest BCUT2D eigenvalue weighted by Gasteiger charge is 2.27. The molecule has 0 radical (unpaired) electrons. The lowest BCUT2D eigenvalue weighted by Crippen LogP contribution is -2.28. The third-order valence-electron chi connectivity index (χ3n) is 4.03. The molecule has 0 saturated carbocycles. The van der Waals surface area contributed by atoms with E-state index in [4.69, 9.17) is 4.74 Å². The molecule has 1 saturated heterocycles. The Morgan fingerprint density at radius 2 is 2.09 bits per heavy atom. The van der Waals surface area contributed by atoms with Gasteiger partial charge in [0.1, 0.15) is 6.61 Å². The van der Waals surface area contributed by atoms with Gasteiger partial charge >= 0.3 is 0 Å². The maximum atomic E-state index is 11.6. The van der Waals surface area contributed by atoms with Crippen molar-refractivity contribution in [3.63, 3.8) is 0 Å². The number of nitrogens with zero attached hydrogens (tertiary/aromatic N) is 2. The Morgan fingerprint density at radius 1 is 1.27 bits per heavy atom. The van der Waals surface area contributed by atoms with Crippen LogP contribution in [0.1, 0.15) is 36.9 Å². The smallest absolute Gasteiger partial charge is 0.219 e. The van der Waals surface area contributed by atoms with E-state index in [1.165, 1.54) is 0 Å². The zero-order valence-corrected chi connectivity index (χ0v) is 12.7. The number of likely N-dealkylation sites (tertiary alicyclic amines) is 1. The monoisotopic (exact) mass is 296 g/mol. The number of aromatic nitrogens is 1. The normalized spacial score (nSPS) is 17.5. The van der Waals surface area contributed by atoms with E-state index in [9.17, 15) is 4.79 Å². The molecule has 114 valence electrons. The molecular weight excluding hydrogens is 276 g/mol. The minimum absolute atomic E-state index is 0.131. The van der Waals surface area contributed by atoms with Crippen molar-refractivity contribution in [3.8, 4) is 5.88 Å². The predicted molar refractivity (Wildman–Crippen MR) is 84.4 cm³/mol. The Kier molecular flexibility index (Phi) is 4.37. The second-order valence-electron chi connectivity index (χ2n) is 5.57. The lowest BCUT2D eigenvalue weighted by atomic mass is 10.1. The van der Waals surface area contributed by atoms with E-state index in [0.717, 1.165) is 30.5 Å². The fourth-order valence-electron chi connectivity index (χ4n) is 2.90. The standard InChI is InChI=1S/C18H20N2O2/c1-14(21)20-11-5-8-17(20)16-9-10-18(19-12-16)22-13-15-6-3-2-4-7-15/h2-4,6-7,9-10,12,17H,5,8,11,13H2,1H3/t17-/m1/s1. The first-order valence-corrected chi connectivity index (χ1v) is 7.64. The fraction of sp³-hybridized carbons (Fsp3) is 0.333. The van der Waals surface area contributed by atoms with E-state index in [2.05, 4.69) is 4.98 Å². The summed E-state index contributed by atoms with van der Waals surface area (Å²) >= 11 is 0. The predicted octanol–water partition coefficient (Wildman–Crippen LogP) is 3.34. The molecule has 1 amide bonds. The van der Waals surface area contributed by atoms with Crippen molar-refractivity contribution in [3.05, 3.63) is 59.8 Å². The van der Waals surface area contributed by atoms with Gasteiger partial charge in [-0.2, -0.15) is 0 Å². The average molecular weight is 296 g/mol. The summed E-state index contributed by atoms with van der Waals surface area (Å²) in [6.45, 7) is 2.98. The minimum atomic E-state index is 0.131. The number of rotatable bonds is 4. The molecule has 22 heavy (non-hydrogen) atoms. The maximum Gasteiger partial charge on any atom is 0.219 e. The third-order valence-corrected chi connectivity index (χ3v) is 4.03. The topological polar surface area (TPSA) is 42.4 Å². The summed E-state index contributed by atoms with van der Waals surface area (Å²) in [6, 6.07) is 14.1. The number of hydrogen-bond acceptors (Lipinski definition) is 3. The number of ether oxygens (including phenoxy) is 1. The van der Waals surface area contributed by atoms with Crippen LogP contribution in [0.5, 0.6) is 5.88 Å². The van der Waals surface area contributed by atoms with E-state index < -0.39 is 0 Å². The molecule has 0 spiro atoms. The lowest BCUT2D eigenvalue weighted by molar-refractivity contribution is -0.129. The van der Waals surface area contributed by atoms with Gasteiger partial charge in [-0.3, -0.25) is 4.79 Å². The number of hydrogen-bond donors (Lipinski definition) is 0. The number of pyridine rings is 1.